The Morgan fingerprint density at radius 3 is 2.67 bits per heavy atom. The number of urea groups is 1. The van der Waals surface area contributed by atoms with E-state index in [9.17, 15) is 14.3 Å². The van der Waals surface area contributed by atoms with E-state index in [1.165, 1.54) is 17.0 Å². The zero-order valence-electron chi connectivity index (χ0n) is 10.1. The van der Waals surface area contributed by atoms with Gasteiger partial charge < -0.3 is 15.7 Å². The Hall–Kier alpha value is -2.11. The van der Waals surface area contributed by atoms with Crippen LogP contribution in [0.3, 0.4) is 0 Å². The number of benzene rings is 1. The third-order valence-corrected chi connectivity index (χ3v) is 2.78. The monoisotopic (exact) mass is 251 g/mol. The molecule has 2 rings (SSSR count). The molecule has 2 amide bonds. The Morgan fingerprint density at radius 1 is 1.44 bits per heavy atom. The molecule has 3 N–H and O–H groups in total. The highest BCUT2D eigenvalue weighted by Crippen LogP contribution is 2.31. The lowest BCUT2D eigenvalue weighted by atomic mass is 10.0. The Morgan fingerprint density at radius 2 is 2.11 bits per heavy atom. The Kier molecular flexibility index (Phi) is 2.94. The maximum absolute atomic E-state index is 13.3. The van der Waals surface area contributed by atoms with Gasteiger partial charge in [0.1, 0.15) is 23.4 Å². The van der Waals surface area contributed by atoms with Crippen LogP contribution >= 0.6 is 0 Å². The van der Waals surface area contributed by atoms with Gasteiger partial charge >= 0.3 is 6.03 Å². The number of carbonyl (C=O) groups is 1. The summed E-state index contributed by atoms with van der Waals surface area (Å²) in [7, 11) is 0. The molecule has 0 aliphatic carbocycles. The maximum Gasteiger partial charge on any atom is 0.346 e. The maximum atomic E-state index is 13.3. The zero-order valence-corrected chi connectivity index (χ0v) is 10.1. The molecule has 18 heavy (non-hydrogen) atoms. The fourth-order valence-electron chi connectivity index (χ4n) is 2.09. The summed E-state index contributed by atoms with van der Waals surface area (Å²) in [5.74, 6) is -0.680. The van der Waals surface area contributed by atoms with E-state index in [0.29, 0.717) is 5.56 Å². The van der Waals surface area contributed by atoms with Crippen LogP contribution in [0, 0.1) is 5.82 Å². The summed E-state index contributed by atoms with van der Waals surface area (Å²) >= 11 is 0. The average molecular weight is 251 g/mol. The molecule has 0 spiro atoms. The second kappa shape index (κ2) is 4.29. The normalized spacial score (nSPS) is 19.6. The summed E-state index contributed by atoms with van der Waals surface area (Å²) in [6.07, 6.45) is 0. The number of amides is 2. The zero-order chi connectivity index (χ0) is 13.4. The number of rotatable bonds is 2. The standard InChI is InChI=1S/C12H14FN3O2/c1-6(2)16-10(11(14)15-12(16)18)7-3-8(13)5-9(17)4-7/h3-6,10,17H,1-2H3,(H2,14,15,18). The molecule has 0 saturated carbocycles. The number of carbonyl (C=O) groups excluding carboxylic acids is 1. The first kappa shape index (κ1) is 12.3. The first-order chi connectivity index (χ1) is 8.40. The molecule has 1 aromatic rings. The van der Waals surface area contributed by atoms with Crippen LogP contribution in [-0.4, -0.2) is 27.9 Å². The third kappa shape index (κ3) is 2.01. The van der Waals surface area contributed by atoms with Gasteiger partial charge in [0, 0.05) is 12.1 Å². The number of halogens is 1. The van der Waals surface area contributed by atoms with E-state index in [1.54, 1.807) is 0 Å². The molecule has 0 radical (unpaired) electrons. The quantitative estimate of drug-likeness (QED) is 0.840. The van der Waals surface area contributed by atoms with Crippen LogP contribution in [0.1, 0.15) is 25.5 Å². The lowest BCUT2D eigenvalue weighted by Crippen LogP contribution is -2.38. The van der Waals surface area contributed by atoms with E-state index in [0.717, 1.165) is 6.07 Å². The lowest BCUT2D eigenvalue weighted by molar-refractivity contribution is 0.190. The number of phenols is 1. The summed E-state index contributed by atoms with van der Waals surface area (Å²) < 4.78 is 13.3. The van der Waals surface area contributed by atoms with Crippen molar-refractivity contribution in [2.45, 2.75) is 25.9 Å². The molecule has 0 saturated heterocycles. The van der Waals surface area contributed by atoms with Gasteiger partial charge in [-0.1, -0.05) is 0 Å². The van der Waals surface area contributed by atoms with Gasteiger partial charge in [0.15, 0.2) is 0 Å². The van der Waals surface area contributed by atoms with Gasteiger partial charge in [-0.3, -0.25) is 0 Å². The highest BCUT2D eigenvalue weighted by molar-refractivity contribution is 6.03. The molecule has 1 unspecified atom stereocenters. The van der Waals surface area contributed by atoms with Crippen molar-refractivity contribution < 1.29 is 14.3 Å². The van der Waals surface area contributed by atoms with Crippen LogP contribution < -0.4 is 5.73 Å². The summed E-state index contributed by atoms with van der Waals surface area (Å²) in [4.78, 5) is 16.8. The molecule has 1 aliphatic heterocycles. The van der Waals surface area contributed by atoms with Crippen molar-refractivity contribution in [1.82, 2.24) is 4.90 Å². The van der Waals surface area contributed by atoms with E-state index in [4.69, 9.17) is 5.73 Å². The number of phenolic OH excluding ortho intramolecular Hbond substituents is 1. The van der Waals surface area contributed by atoms with Crippen LogP contribution in [0.2, 0.25) is 0 Å². The second-order valence-electron chi connectivity index (χ2n) is 4.47. The van der Waals surface area contributed by atoms with Crippen molar-refractivity contribution >= 4 is 11.9 Å². The second-order valence-corrected chi connectivity index (χ2v) is 4.47. The number of aliphatic imine (C=N–C) groups is 1. The minimum Gasteiger partial charge on any atom is -0.508 e. The van der Waals surface area contributed by atoms with Crippen molar-refractivity contribution in [1.29, 1.82) is 0 Å². The predicted molar refractivity (Wildman–Crippen MR) is 64.8 cm³/mol. The highest BCUT2D eigenvalue weighted by Gasteiger charge is 2.36. The number of amidine groups is 1. The Bertz CT molecular complexity index is 508. The van der Waals surface area contributed by atoms with Gasteiger partial charge in [0.05, 0.1) is 0 Å². The molecule has 0 fully saturated rings. The van der Waals surface area contributed by atoms with E-state index in [1.807, 2.05) is 13.8 Å². The molecule has 5 nitrogen and oxygen atoms in total. The molecule has 1 aliphatic rings. The molecule has 6 heteroatoms. The number of aromatic hydroxyl groups is 1. The molecule has 0 aromatic heterocycles. The predicted octanol–water partition coefficient (Wildman–Crippen LogP) is 1.77. The summed E-state index contributed by atoms with van der Waals surface area (Å²) in [6.45, 7) is 3.64. The van der Waals surface area contributed by atoms with Gasteiger partial charge in [0.25, 0.3) is 0 Å². The van der Waals surface area contributed by atoms with E-state index in [-0.39, 0.29) is 17.6 Å². The van der Waals surface area contributed by atoms with E-state index in [2.05, 4.69) is 4.99 Å². The van der Waals surface area contributed by atoms with Crippen LogP contribution in [0.15, 0.2) is 23.2 Å². The average Bonchev–Trinajstić information content (AvgIpc) is 2.51. The van der Waals surface area contributed by atoms with Crippen molar-refractivity contribution in [3.05, 3.63) is 29.6 Å². The van der Waals surface area contributed by atoms with Crippen molar-refractivity contribution in [3.63, 3.8) is 0 Å². The fraction of sp³-hybridized carbons (Fsp3) is 0.333. The van der Waals surface area contributed by atoms with Crippen LogP contribution in [0.5, 0.6) is 5.75 Å². The molecule has 1 heterocycles. The van der Waals surface area contributed by atoms with Crippen LogP contribution in [0.25, 0.3) is 0 Å². The largest absolute Gasteiger partial charge is 0.508 e. The first-order valence-corrected chi connectivity index (χ1v) is 5.56. The number of nitrogens with zero attached hydrogens (tertiary/aromatic N) is 2. The molecule has 96 valence electrons. The molecular weight excluding hydrogens is 237 g/mol. The van der Waals surface area contributed by atoms with Crippen molar-refractivity contribution in [2.24, 2.45) is 10.7 Å². The third-order valence-electron chi connectivity index (χ3n) is 2.78. The van der Waals surface area contributed by atoms with E-state index >= 15 is 0 Å². The van der Waals surface area contributed by atoms with Gasteiger partial charge in [-0.25, -0.2) is 9.18 Å². The summed E-state index contributed by atoms with van der Waals surface area (Å²) in [5.41, 5.74) is 6.12. The highest BCUT2D eigenvalue weighted by atomic mass is 19.1. The summed E-state index contributed by atoms with van der Waals surface area (Å²) in [6, 6.07) is 2.41. The van der Waals surface area contributed by atoms with Gasteiger partial charge in [0.2, 0.25) is 0 Å². The van der Waals surface area contributed by atoms with Crippen LogP contribution in [0.4, 0.5) is 9.18 Å². The van der Waals surface area contributed by atoms with Crippen molar-refractivity contribution in [2.75, 3.05) is 0 Å². The molecule has 0 bridgehead atoms. The Labute approximate surface area is 104 Å². The summed E-state index contributed by atoms with van der Waals surface area (Å²) in [5, 5.41) is 9.41. The van der Waals surface area contributed by atoms with Gasteiger partial charge in [-0.15, -0.1) is 0 Å². The molecular formula is C12H14FN3O2. The smallest absolute Gasteiger partial charge is 0.346 e. The minimum absolute atomic E-state index is 0.110. The number of hydrogen-bond acceptors (Lipinski definition) is 3. The van der Waals surface area contributed by atoms with Gasteiger partial charge in [-0.2, -0.15) is 4.99 Å². The lowest BCUT2D eigenvalue weighted by Gasteiger charge is -2.28. The number of nitrogens with two attached hydrogens (primary N) is 1. The van der Waals surface area contributed by atoms with Crippen LogP contribution in [-0.2, 0) is 0 Å². The SMILES string of the molecule is CC(C)N1C(=O)N=C(N)C1c1cc(O)cc(F)c1. The van der Waals surface area contributed by atoms with E-state index < -0.39 is 17.9 Å². The fourth-order valence-corrected chi connectivity index (χ4v) is 2.09. The molecule has 1 atom stereocenters. The van der Waals surface area contributed by atoms with Crippen molar-refractivity contribution in [3.8, 4) is 5.75 Å². The number of hydrogen-bond donors (Lipinski definition) is 2. The molecule has 1 aromatic carbocycles. The Balaban J connectivity index is 2.47. The van der Waals surface area contributed by atoms with Gasteiger partial charge in [-0.05, 0) is 31.5 Å². The minimum atomic E-state index is -0.626. The topological polar surface area (TPSA) is 78.9 Å². The first-order valence-electron chi connectivity index (χ1n) is 5.56.